The van der Waals surface area contributed by atoms with Gasteiger partial charge in [0.15, 0.2) is 0 Å². The topological polar surface area (TPSA) is 58.6 Å². The number of aryl methyl sites for hydroxylation is 1. The van der Waals surface area contributed by atoms with Gasteiger partial charge in [-0.2, -0.15) is 0 Å². The summed E-state index contributed by atoms with van der Waals surface area (Å²) in [6, 6.07) is 4.46. The van der Waals surface area contributed by atoms with Crippen LogP contribution >= 0.6 is 0 Å². The van der Waals surface area contributed by atoms with Crippen LogP contribution in [-0.2, 0) is 9.59 Å². The van der Waals surface area contributed by atoms with E-state index < -0.39 is 12.1 Å². The normalized spacial score (nSPS) is 23.3. The van der Waals surface area contributed by atoms with Crippen molar-refractivity contribution >= 4 is 17.5 Å². The lowest BCUT2D eigenvalue weighted by Gasteiger charge is -2.36. The van der Waals surface area contributed by atoms with Crippen LogP contribution in [0.15, 0.2) is 18.2 Å². The minimum Gasteiger partial charge on any atom is -0.497 e. The van der Waals surface area contributed by atoms with Crippen molar-refractivity contribution in [2.45, 2.75) is 32.9 Å². The molecule has 1 saturated heterocycles. The average molecular weight is 262 g/mol. The Labute approximate surface area is 112 Å². The molecule has 0 spiro atoms. The maximum Gasteiger partial charge on any atom is 0.250 e. The lowest BCUT2D eigenvalue weighted by Crippen LogP contribution is -2.61. The van der Waals surface area contributed by atoms with Crippen LogP contribution in [0.3, 0.4) is 0 Å². The van der Waals surface area contributed by atoms with Crippen molar-refractivity contribution in [2.75, 3.05) is 12.0 Å². The number of ether oxygens (including phenoxy) is 1. The number of rotatable bonds is 2. The van der Waals surface area contributed by atoms with Gasteiger partial charge in [0.05, 0.1) is 7.11 Å². The first kappa shape index (κ1) is 13.4. The Hall–Kier alpha value is -2.04. The summed E-state index contributed by atoms with van der Waals surface area (Å²) in [4.78, 5) is 25.7. The summed E-state index contributed by atoms with van der Waals surface area (Å²) in [6.07, 6.45) is 0. The number of hydrogen-bond donors (Lipinski definition) is 1. The van der Waals surface area contributed by atoms with Crippen LogP contribution in [0.2, 0.25) is 0 Å². The van der Waals surface area contributed by atoms with Gasteiger partial charge < -0.3 is 10.1 Å². The Morgan fingerprint density at radius 1 is 1.26 bits per heavy atom. The summed E-state index contributed by atoms with van der Waals surface area (Å²) in [6.45, 7) is 5.32. The van der Waals surface area contributed by atoms with Crippen LogP contribution in [0.5, 0.6) is 5.75 Å². The van der Waals surface area contributed by atoms with Crippen LogP contribution in [0.1, 0.15) is 19.4 Å². The highest BCUT2D eigenvalue weighted by Gasteiger charge is 2.37. The fourth-order valence-corrected chi connectivity index (χ4v) is 2.27. The lowest BCUT2D eigenvalue weighted by molar-refractivity contribution is -0.133. The molecule has 2 unspecified atom stereocenters. The standard InChI is InChI=1S/C14H18N2O3/c1-8-7-11(19-4)5-6-12(8)16-10(3)13(17)15-9(2)14(16)18/h5-7,9-10H,1-4H3,(H,15,17). The minimum atomic E-state index is -0.504. The number of amides is 2. The zero-order valence-electron chi connectivity index (χ0n) is 11.6. The van der Waals surface area contributed by atoms with Gasteiger partial charge in [-0.1, -0.05) is 0 Å². The molecule has 1 aliphatic heterocycles. The molecule has 19 heavy (non-hydrogen) atoms. The number of anilines is 1. The molecule has 1 aromatic carbocycles. The smallest absolute Gasteiger partial charge is 0.250 e. The number of methoxy groups -OCH3 is 1. The third kappa shape index (κ3) is 2.28. The van der Waals surface area contributed by atoms with Crippen molar-refractivity contribution in [3.63, 3.8) is 0 Å². The second-order valence-electron chi connectivity index (χ2n) is 4.77. The SMILES string of the molecule is COc1ccc(N2C(=O)C(C)NC(=O)C2C)c(C)c1. The lowest BCUT2D eigenvalue weighted by atomic mass is 10.1. The van der Waals surface area contributed by atoms with E-state index in [-0.39, 0.29) is 11.8 Å². The molecule has 2 rings (SSSR count). The van der Waals surface area contributed by atoms with Gasteiger partial charge >= 0.3 is 0 Å². The number of hydrogen-bond acceptors (Lipinski definition) is 3. The molecule has 1 heterocycles. The van der Waals surface area contributed by atoms with E-state index in [4.69, 9.17) is 4.74 Å². The van der Waals surface area contributed by atoms with E-state index in [1.54, 1.807) is 31.9 Å². The molecular weight excluding hydrogens is 244 g/mol. The highest BCUT2D eigenvalue weighted by Crippen LogP contribution is 2.28. The van der Waals surface area contributed by atoms with E-state index in [1.807, 2.05) is 19.1 Å². The highest BCUT2D eigenvalue weighted by atomic mass is 16.5. The van der Waals surface area contributed by atoms with Crippen LogP contribution in [0.25, 0.3) is 0 Å². The summed E-state index contributed by atoms with van der Waals surface area (Å²) < 4.78 is 5.15. The number of nitrogens with one attached hydrogen (secondary N) is 1. The molecule has 2 atom stereocenters. The maximum atomic E-state index is 12.3. The van der Waals surface area contributed by atoms with Gasteiger partial charge in [0.2, 0.25) is 11.8 Å². The predicted octanol–water partition coefficient (Wildman–Crippen LogP) is 1.24. The molecule has 2 amide bonds. The molecule has 1 fully saturated rings. The Balaban J connectivity index is 2.43. The molecule has 0 aromatic heterocycles. The summed E-state index contributed by atoms with van der Waals surface area (Å²) in [5.74, 6) is 0.499. The van der Waals surface area contributed by atoms with E-state index in [0.717, 1.165) is 17.0 Å². The van der Waals surface area contributed by atoms with E-state index in [9.17, 15) is 9.59 Å². The average Bonchev–Trinajstić information content (AvgIpc) is 2.38. The molecule has 5 nitrogen and oxygen atoms in total. The van der Waals surface area contributed by atoms with Crippen LogP contribution in [-0.4, -0.2) is 31.0 Å². The van der Waals surface area contributed by atoms with Crippen molar-refractivity contribution in [1.29, 1.82) is 0 Å². The van der Waals surface area contributed by atoms with E-state index in [2.05, 4.69) is 5.32 Å². The van der Waals surface area contributed by atoms with Crippen molar-refractivity contribution in [3.8, 4) is 5.75 Å². The zero-order chi connectivity index (χ0) is 14.2. The Morgan fingerprint density at radius 3 is 2.53 bits per heavy atom. The molecule has 1 N–H and O–H groups in total. The highest BCUT2D eigenvalue weighted by molar-refractivity contribution is 6.08. The number of carbonyl (C=O) groups is 2. The number of piperazine rings is 1. The van der Waals surface area contributed by atoms with Gasteiger partial charge in [-0.25, -0.2) is 0 Å². The van der Waals surface area contributed by atoms with Gasteiger partial charge in [0, 0.05) is 5.69 Å². The second-order valence-corrected chi connectivity index (χ2v) is 4.77. The van der Waals surface area contributed by atoms with Gasteiger partial charge in [0.25, 0.3) is 0 Å². The van der Waals surface area contributed by atoms with E-state index in [1.165, 1.54) is 0 Å². The maximum absolute atomic E-state index is 12.3. The molecule has 102 valence electrons. The Kier molecular flexibility index (Phi) is 3.46. The summed E-state index contributed by atoms with van der Waals surface area (Å²) in [5.41, 5.74) is 1.65. The van der Waals surface area contributed by atoms with Gasteiger partial charge in [-0.15, -0.1) is 0 Å². The minimum absolute atomic E-state index is 0.0969. The van der Waals surface area contributed by atoms with Crippen molar-refractivity contribution in [1.82, 2.24) is 5.32 Å². The molecule has 0 saturated carbocycles. The monoisotopic (exact) mass is 262 g/mol. The quantitative estimate of drug-likeness (QED) is 0.872. The van der Waals surface area contributed by atoms with Gasteiger partial charge in [0.1, 0.15) is 17.8 Å². The molecule has 1 aliphatic rings. The molecule has 1 aromatic rings. The third-order valence-electron chi connectivity index (χ3n) is 3.40. The molecule has 5 heteroatoms. The zero-order valence-corrected chi connectivity index (χ0v) is 11.6. The molecule has 0 radical (unpaired) electrons. The fraction of sp³-hybridized carbons (Fsp3) is 0.429. The molecular formula is C14H18N2O3. The van der Waals surface area contributed by atoms with Crippen molar-refractivity contribution < 1.29 is 14.3 Å². The second kappa shape index (κ2) is 4.91. The summed E-state index contributed by atoms with van der Waals surface area (Å²) >= 11 is 0. The molecule has 0 bridgehead atoms. The van der Waals surface area contributed by atoms with Crippen LogP contribution in [0.4, 0.5) is 5.69 Å². The number of nitrogens with zero attached hydrogens (tertiary/aromatic N) is 1. The van der Waals surface area contributed by atoms with E-state index in [0.29, 0.717) is 0 Å². The van der Waals surface area contributed by atoms with Crippen molar-refractivity contribution in [3.05, 3.63) is 23.8 Å². The summed E-state index contributed by atoms with van der Waals surface area (Å²) in [5, 5.41) is 2.67. The van der Waals surface area contributed by atoms with Gasteiger partial charge in [-0.3, -0.25) is 14.5 Å². The Morgan fingerprint density at radius 2 is 1.95 bits per heavy atom. The first-order chi connectivity index (χ1) is 8.95. The van der Waals surface area contributed by atoms with Crippen LogP contribution in [0, 0.1) is 6.92 Å². The third-order valence-corrected chi connectivity index (χ3v) is 3.40. The fourth-order valence-electron chi connectivity index (χ4n) is 2.27. The first-order valence-electron chi connectivity index (χ1n) is 6.23. The largest absolute Gasteiger partial charge is 0.497 e. The van der Waals surface area contributed by atoms with Crippen LogP contribution < -0.4 is 15.0 Å². The van der Waals surface area contributed by atoms with Crippen molar-refractivity contribution in [2.24, 2.45) is 0 Å². The number of carbonyl (C=O) groups excluding carboxylic acids is 2. The first-order valence-corrected chi connectivity index (χ1v) is 6.23. The number of benzene rings is 1. The molecule has 0 aliphatic carbocycles. The van der Waals surface area contributed by atoms with E-state index >= 15 is 0 Å². The summed E-state index contributed by atoms with van der Waals surface area (Å²) in [7, 11) is 1.60. The van der Waals surface area contributed by atoms with Gasteiger partial charge in [-0.05, 0) is 44.5 Å². The Bertz CT molecular complexity index is 527. The predicted molar refractivity (Wildman–Crippen MR) is 72.3 cm³/mol.